The zero-order chi connectivity index (χ0) is 10.6. The lowest BCUT2D eigenvalue weighted by molar-refractivity contribution is 0.360. The predicted octanol–water partition coefficient (Wildman–Crippen LogP) is -0.363. The van der Waals surface area contributed by atoms with Gasteiger partial charge in [0, 0.05) is 26.2 Å². The van der Waals surface area contributed by atoms with Crippen LogP contribution in [0.5, 0.6) is 0 Å². The number of hydrogen-bond acceptors (Lipinski definition) is 3. The van der Waals surface area contributed by atoms with Crippen LogP contribution in [0, 0.1) is 0 Å². The SMILES string of the molecule is CN=C(NC1CCC(N)CC1)N(C)N. The second-order valence-electron chi connectivity index (χ2n) is 3.91. The van der Waals surface area contributed by atoms with E-state index in [0.717, 1.165) is 31.6 Å². The third kappa shape index (κ3) is 3.16. The molecule has 0 radical (unpaired) electrons. The molecular weight excluding hydrogens is 178 g/mol. The summed E-state index contributed by atoms with van der Waals surface area (Å²) in [5.74, 6) is 6.35. The number of rotatable bonds is 1. The van der Waals surface area contributed by atoms with Gasteiger partial charge in [-0.15, -0.1) is 0 Å². The maximum Gasteiger partial charge on any atom is 0.208 e. The Kier molecular flexibility index (Phi) is 4.16. The van der Waals surface area contributed by atoms with Gasteiger partial charge in [0.05, 0.1) is 0 Å². The van der Waals surface area contributed by atoms with Crippen molar-refractivity contribution in [2.45, 2.75) is 37.8 Å². The summed E-state index contributed by atoms with van der Waals surface area (Å²) in [6, 6.07) is 0.852. The molecule has 0 aromatic heterocycles. The Bertz CT molecular complexity index is 193. The molecule has 0 unspecified atom stereocenters. The number of nitrogens with zero attached hydrogens (tertiary/aromatic N) is 2. The number of nitrogens with two attached hydrogens (primary N) is 2. The van der Waals surface area contributed by atoms with Crippen LogP contribution < -0.4 is 16.9 Å². The van der Waals surface area contributed by atoms with Gasteiger partial charge in [0.15, 0.2) is 0 Å². The van der Waals surface area contributed by atoms with Gasteiger partial charge in [0.2, 0.25) is 5.96 Å². The Balaban J connectivity index is 2.37. The van der Waals surface area contributed by atoms with Gasteiger partial charge in [-0.05, 0) is 25.7 Å². The third-order valence-corrected chi connectivity index (χ3v) is 2.65. The molecule has 1 aliphatic rings. The molecule has 0 spiro atoms. The van der Waals surface area contributed by atoms with E-state index in [-0.39, 0.29) is 0 Å². The molecule has 0 aromatic rings. The summed E-state index contributed by atoms with van der Waals surface area (Å²) < 4.78 is 0. The standard InChI is InChI=1S/C9H21N5/c1-12-9(14(2)11)13-8-5-3-7(10)4-6-8/h7-8H,3-6,10-11H2,1-2H3,(H,12,13). The summed E-state index contributed by atoms with van der Waals surface area (Å²) in [5, 5.41) is 4.83. The van der Waals surface area contributed by atoms with E-state index in [1.807, 2.05) is 0 Å². The molecule has 0 bridgehead atoms. The van der Waals surface area contributed by atoms with E-state index in [0.29, 0.717) is 12.1 Å². The van der Waals surface area contributed by atoms with Crippen molar-refractivity contribution in [3.8, 4) is 0 Å². The van der Waals surface area contributed by atoms with Gasteiger partial charge in [-0.1, -0.05) is 0 Å². The fourth-order valence-corrected chi connectivity index (χ4v) is 1.77. The van der Waals surface area contributed by atoms with Crippen LogP contribution in [-0.2, 0) is 0 Å². The van der Waals surface area contributed by atoms with Gasteiger partial charge in [-0.25, -0.2) is 5.84 Å². The minimum absolute atomic E-state index is 0.380. The highest BCUT2D eigenvalue weighted by atomic mass is 15.5. The molecule has 0 atom stereocenters. The van der Waals surface area contributed by atoms with Gasteiger partial charge in [0.25, 0.3) is 0 Å². The molecule has 0 saturated heterocycles. The van der Waals surface area contributed by atoms with Crippen molar-refractivity contribution in [3.05, 3.63) is 0 Å². The number of hydrazine groups is 1. The van der Waals surface area contributed by atoms with Crippen LogP contribution in [0.4, 0.5) is 0 Å². The minimum Gasteiger partial charge on any atom is -0.352 e. The monoisotopic (exact) mass is 199 g/mol. The first-order chi connectivity index (χ1) is 6.63. The van der Waals surface area contributed by atoms with Crippen LogP contribution in [0.2, 0.25) is 0 Å². The van der Waals surface area contributed by atoms with Crippen molar-refractivity contribution in [1.82, 2.24) is 10.3 Å². The van der Waals surface area contributed by atoms with E-state index in [4.69, 9.17) is 11.6 Å². The Morgan fingerprint density at radius 1 is 1.36 bits per heavy atom. The molecule has 5 N–H and O–H groups in total. The number of guanidine groups is 1. The highest BCUT2D eigenvalue weighted by Gasteiger charge is 2.19. The van der Waals surface area contributed by atoms with Gasteiger partial charge < -0.3 is 11.1 Å². The first kappa shape index (κ1) is 11.3. The number of hydrogen-bond donors (Lipinski definition) is 3. The third-order valence-electron chi connectivity index (χ3n) is 2.65. The largest absolute Gasteiger partial charge is 0.352 e. The molecule has 5 heteroatoms. The second-order valence-corrected chi connectivity index (χ2v) is 3.91. The lowest BCUT2D eigenvalue weighted by Gasteiger charge is -2.29. The Morgan fingerprint density at radius 2 is 1.93 bits per heavy atom. The van der Waals surface area contributed by atoms with E-state index in [1.54, 1.807) is 14.1 Å². The molecule has 14 heavy (non-hydrogen) atoms. The Morgan fingerprint density at radius 3 is 2.36 bits per heavy atom. The highest BCUT2D eigenvalue weighted by molar-refractivity contribution is 5.79. The fourth-order valence-electron chi connectivity index (χ4n) is 1.77. The van der Waals surface area contributed by atoms with E-state index in [9.17, 15) is 0 Å². The van der Waals surface area contributed by atoms with Gasteiger partial charge in [-0.3, -0.25) is 10.0 Å². The summed E-state index contributed by atoms with van der Waals surface area (Å²) in [6.07, 6.45) is 4.38. The molecule has 1 fully saturated rings. The lowest BCUT2D eigenvalue weighted by atomic mass is 9.92. The summed E-state index contributed by atoms with van der Waals surface area (Å²) in [5.41, 5.74) is 5.83. The molecule has 82 valence electrons. The number of nitrogens with one attached hydrogen (secondary N) is 1. The molecule has 5 nitrogen and oxygen atoms in total. The van der Waals surface area contributed by atoms with E-state index in [2.05, 4.69) is 10.3 Å². The minimum atomic E-state index is 0.380. The summed E-state index contributed by atoms with van der Waals surface area (Å²) in [7, 11) is 3.52. The van der Waals surface area contributed by atoms with Crippen molar-refractivity contribution in [3.63, 3.8) is 0 Å². The average molecular weight is 199 g/mol. The zero-order valence-electron chi connectivity index (χ0n) is 9.03. The lowest BCUT2D eigenvalue weighted by Crippen LogP contribution is -2.49. The first-order valence-electron chi connectivity index (χ1n) is 5.10. The van der Waals surface area contributed by atoms with Crippen LogP contribution in [0.15, 0.2) is 4.99 Å². The summed E-state index contributed by atoms with van der Waals surface area (Å²) in [4.78, 5) is 4.08. The van der Waals surface area contributed by atoms with E-state index in [1.165, 1.54) is 5.01 Å². The van der Waals surface area contributed by atoms with E-state index < -0.39 is 0 Å². The van der Waals surface area contributed by atoms with Crippen molar-refractivity contribution in [2.24, 2.45) is 16.6 Å². The molecule has 0 amide bonds. The van der Waals surface area contributed by atoms with Crippen molar-refractivity contribution >= 4 is 5.96 Å². The molecule has 1 rings (SSSR count). The van der Waals surface area contributed by atoms with Gasteiger partial charge in [0.1, 0.15) is 0 Å². The molecule has 0 aliphatic heterocycles. The highest BCUT2D eigenvalue weighted by Crippen LogP contribution is 2.16. The van der Waals surface area contributed by atoms with Crippen molar-refractivity contribution in [1.29, 1.82) is 0 Å². The molecule has 0 heterocycles. The molecule has 0 aromatic carbocycles. The summed E-state index contributed by atoms with van der Waals surface area (Å²) >= 11 is 0. The first-order valence-corrected chi connectivity index (χ1v) is 5.10. The van der Waals surface area contributed by atoms with Crippen LogP contribution in [-0.4, -0.2) is 37.1 Å². The second kappa shape index (κ2) is 5.17. The molecule has 1 aliphatic carbocycles. The Labute approximate surface area is 85.5 Å². The molecule has 1 saturated carbocycles. The van der Waals surface area contributed by atoms with Crippen LogP contribution in [0.25, 0.3) is 0 Å². The van der Waals surface area contributed by atoms with Crippen molar-refractivity contribution in [2.75, 3.05) is 14.1 Å². The topological polar surface area (TPSA) is 79.7 Å². The average Bonchev–Trinajstić information content (AvgIpc) is 2.16. The Hall–Kier alpha value is -0.810. The smallest absolute Gasteiger partial charge is 0.208 e. The predicted molar refractivity (Wildman–Crippen MR) is 58.7 cm³/mol. The maximum absolute atomic E-state index is 5.83. The summed E-state index contributed by atoms with van der Waals surface area (Å²) in [6.45, 7) is 0. The van der Waals surface area contributed by atoms with Gasteiger partial charge in [-0.2, -0.15) is 0 Å². The maximum atomic E-state index is 5.83. The quantitative estimate of drug-likeness (QED) is 0.233. The molecular formula is C9H21N5. The van der Waals surface area contributed by atoms with Gasteiger partial charge >= 0.3 is 0 Å². The fraction of sp³-hybridized carbons (Fsp3) is 0.889. The zero-order valence-corrected chi connectivity index (χ0v) is 9.03. The number of aliphatic imine (C=N–C) groups is 1. The van der Waals surface area contributed by atoms with Crippen LogP contribution in [0.3, 0.4) is 0 Å². The van der Waals surface area contributed by atoms with E-state index >= 15 is 0 Å². The normalized spacial score (nSPS) is 28.7. The van der Waals surface area contributed by atoms with Crippen LogP contribution in [0.1, 0.15) is 25.7 Å². The van der Waals surface area contributed by atoms with Crippen molar-refractivity contribution < 1.29 is 0 Å². The van der Waals surface area contributed by atoms with Crippen LogP contribution >= 0.6 is 0 Å².